The zero-order valence-corrected chi connectivity index (χ0v) is 20.3. The number of nitrogens with zero attached hydrogens (tertiary/aromatic N) is 3. The molecule has 0 aliphatic carbocycles. The fourth-order valence-corrected chi connectivity index (χ4v) is 5.81. The summed E-state index contributed by atoms with van der Waals surface area (Å²) in [7, 11) is -1.96. The highest BCUT2D eigenvalue weighted by Gasteiger charge is 2.28. The maximum absolute atomic E-state index is 13.8. The van der Waals surface area contributed by atoms with Crippen LogP contribution in [0, 0.1) is 0 Å². The summed E-state index contributed by atoms with van der Waals surface area (Å²) in [6, 6.07) is 12.0. The Balaban J connectivity index is 1.72. The van der Waals surface area contributed by atoms with E-state index in [1.807, 2.05) is 18.2 Å². The number of methoxy groups -OCH3 is 1. The normalized spacial score (nSPS) is 15.0. The Morgan fingerprint density at radius 3 is 2.70 bits per heavy atom. The van der Waals surface area contributed by atoms with Gasteiger partial charge < -0.3 is 9.47 Å². The summed E-state index contributed by atoms with van der Waals surface area (Å²) >= 11 is 1.38. The van der Waals surface area contributed by atoms with E-state index in [9.17, 15) is 13.2 Å². The average Bonchev–Trinajstić information content (AvgIpc) is 3.27. The first-order chi connectivity index (χ1) is 15.9. The van der Waals surface area contributed by atoms with Gasteiger partial charge >= 0.3 is 0 Å². The number of anilines is 1. The maximum atomic E-state index is 13.8. The molecule has 1 aliphatic rings. The van der Waals surface area contributed by atoms with E-state index in [1.165, 1.54) is 17.4 Å². The molecule has 0 N–H and O–H groups in total. The second-order valence-electron chi connectivity index (χ2n) is 7.64. The maximum Gasteiger partial charge on any atom is 0.261 e. The monoisotopic (exact) mass is 489 g/mol. The van der Waals surface area contributed by atoms with E-state index >= 15 is 0 Å². The first-order valence-electron chi connectivity index (χ1n) is 10.8. The first-order valence-corrected chi connectivity index (χ1v) is 13.3. The lowest BCUT2D eigenvalue weighted by atomic mass is 10.2. The lowest BCUT2D eigenvalue weighted by molar-refractivity contribution is 0.0391. The van der Waals surface area contributed by atoms with Crippen LogP contribution in [0.2, 0.25) is 0 Å². The van der Waals surface area contributed by atoms with Gasteiger partial charge in [-0.15, -0.1) is 0 Å². The van der Waals surface area contributed by atoms with Gasteiger partial charge in [0, 0.05) is 26.2 Å². The van der Waals surface area contributed by atoms with E-state index in [0.717, 1.165) is 23.3 Å². The van der Waals surface area contributed by atoms with Gasteiger partial charge in [0.05, 0.1) is 46.8 Å². The van der Waals surface area contributed by atoms with Crippen LogP contribution < -0.4 is 9.64 Å². The SMILES string of the molecule is CCS(=O)(=O)c1ccccc1C(=O)N(CCN1CCOCC1)c1nc2ccc(OC)cc2s1. The number of ether oxygens (including phenoxy) is 2. The molecule has 8 nitrogen and oxygen atoms in total. The number of thiazole rings is 1. The molecular weight excluding hydrogens is 462 g/mol. The van der Waals surface area contributed by atoms with Crippen molar-refractivity contribution in [3.63, 3.8) is 0 Å². The molecule has 0 radical (unpaired) electrons. The van der Waals surface area contributed by atoms with E-state index in [-0.39, 0.29) is 22.1 Å². The highest BCUT2D eigenvalue weighted by molar-refractivity contribution is 7.91. The molecule has 1 aliphatic heterocycles. The molecule has 176 valence electrons. The van der Waals surface area contributed by atoms with Gasteiger partial charge in [0.25, 0.3) is 5.91 Å². The van der Waals surface area contributed by atoms with Crippen molar-refractivity contribution < 1.29 is 22.7 Å². The molecule has 0 unspecified atom stereocenters. The van der Waals surface area contributed by atoms with Crippen LogP contribution in [-0.2, 0) is 14.6 Å². The van der Waals surface area contributed by atoms with E-state index in [0.29, 0.717) is 37.2 Å². The van der Waals surface area contributed by atoms with Crippen molar-refractivity contribution in [1.29, 1.82) is 0 Å². The number of hydrogen-bond donors (Lipinski definition) is 0. The van der Waals surface area contributed by atoms with Crippen LogP contribution in [-0.4, -0.2) is 76.5 Å². The standard InChI is InChI=1S/C23H27N3O5S2/c1-3-33(28,29)21-7-5-4-6-18(21)22(27)26(11-10-25-12-14-31-15-13-25)23-24-19-9-8-17(30-2)16-20(19)32-23/h4-9,16H,3,10-15H2,1-2H3. The topological polar surface area (TPSA) is 89.0 Å². The lowest BCUT2D eigenvalue weighted by Crippen LogP contribution is -2.43. The minimum atomic E-state index is -3.57. The molecule has 1 amide bonds. The zero-order valence-electron chi connectivity index (χ0n) is 18.7. The highest BCUT2D eigenvalue weighted by atomic mass is 32.2. The molecule has 0 spiro atoms. The van der Waals surface area contributed by atoms with E-state index < -0.39 is 9.84 Å². The molecule has 33 heavy (non-hydrogen) atoms. The summed E-state index contributed by atoms with van der Waals surface area (Å²) in [5, 5.41) is 0.528. The van der Waals surface area contributed by atoms with Crippen LogP contribution in [0.15, 0.2) is 47.4 Å². The van der Waals surface area contributed by atoms with Crippen LogP contribution in [0.5, 0.6) is 5.75 Å². The first kappa shape index (κ1) is 23.6. The van der Waals surface area contributed by atoms with Crippen LogP contribution in [0.25, 0.3) is 10.2 Å². The zero-order chi connectivity index (χ0) is 23.4. The molecule has 4 rings (SSSR count). The van der Waals surface area contributed by atoms with Gasteiger partial charge in [-0.1, -0.05) is 30.4 Å². The number of morpholine rings is 1. The van der Waals surface area contributed by atoms with Crippen LogP contribution >= 0.6 is 11.3 Å². The van der Waals surface area contributed by atoms with E-state index in [2.05, 4.69) is 9.88 Å². The van der Waals surface area contributed by atoms with Gasteiger partial charge in [0.2, 0.25) is 0 Å². The summed E-state index contributed by atoms with van der Waals surface area (Å²) in [5.41, 5.74) is 0.924. The summed E-state index contributed by atoms with van der Waals surface area (Å²) in [6.07, 6.45) is 0. The van der Waals surface area contributed by atoms with Crippen LogP contribution in [0.3, 0.4) is 0 Å². The van der Waals surface area contributed by atoms with Gasteiger partial charge in [0.15, 0.2) is 15.0 Å². The lowest BCUT2D eigenvalue weighted by Gasteiger charge is -2.29. The third-order valence-electron chi connectivity index (χ3n) is 5.64. The van der Waals surface area contributed by atoms with Gasteiger partial charge in [-0.25, -0.2) is 13.4 Å². The Labute approximate surface area is 197 Å². The number of carbonyl (C=O) groups is 1. The van der Waals surface area contributed by atoms with Gasteiger partial charge in [-0.2, -0.15) is 0 Å². The second-order valence-corrected chi connectivity index (χ2v) is 10.9. The molecule has 2 aromatic carbocycles. The predicted octanol–water partition coefficient (Wildman–Crippen LogP) is 3.08. The van der Waals surface area contributed by atoms with E-state index in [1.54, 1.807) is 37.1 Å². The van der Waals surface area contributed by atoms with Gasteiger partial charge in [-0.3, -0.25) is 14.6 Å². The van der Waals surface area contributed by atoms with Crippen LogP contribution in [0.1, 0.15) is 17.3 Å². The average molecular weight is 490 g/mol. The number of sulfone groups is 1. The second kappa shape index (κ2) is 10.2. The molecule has 0 atom stereocenters. The van der Waals surface area contributed by atoms with Crippen molar-refractivity contribution >= 4 is 42.4 Å². The minimum absolute atomic E-state index is 0.0525. The summed E-state index contributed by atoms with van der Waals surface area (Å²) in [6.45, 7) is 5.50. The molecule has 0 bridgehead atoms. The molecule has 1 saturated heterocycles. The van der Waals surface area contributed by atoms with E-state index in [4.69, 9.17) is 9.47 Å². The molecule has 1 aromatic heterocycles. The predicted molar refractivity (Wildman–Crippen MR) is 129 cm³/mol. The third kappa shape index (κ3) is 5.19. The Morgan fingerprint density at radius 2 is 1.97 bits per heavy atom. The number of aromatic nitrogens is 1. The number of carbonyl (C=O) groups excluding carboxylic acids is 1. The molecule has 3 aromatic rings. The minimum Gasteiger partial charge on any atom is -0.497 e. The van der Waals surface area contributed by atoms with Crippen molar-refractivity contribution in [2.75, 3.05) is 57.2 Å². The van der Waals surface area contributed by atoms with Crippen molar-refractivity contribution in [2.24, 2.45) is 0 Å². The molecule has 0 saturated carbocycles. The molecular formula is C23H27N3O5S2. The summed E-state index contributed by atoms with van der Waals surface area (Å²) in [4.78, 5) is 22.3. The van der Waals surface area contributed by atoms with Crippen LogP contribution in [0.4, 0.5) is 5.13 Å². The van der Waals surface area contributed by atoms with Crippen molar-refractivity contribution in [1.82, 2.24) is 9.88 Å². The molecule has 2 heterocycles. The Kier molecular flexibility index (Phi) is 7.28. The largest absolute Gasteiger partial charge is 0.497 e. The Hall–Kier alpha value is -2.53. The third-order valence-corrected chi connectivity index (χ3v) is 8.46. The number of fused-ring (bicyclic) bond motifs is 1. The fourth-order valence-electron chi connectivity index (χ4n) is 3.70. The highest BCUT2D eigenvalue weighted by Crippen LogP contribution is 2.33. The smallest absolute Gasteiger partial charge is 0.261 e. The Morgan fingerprint density at radius 1 is 1.21 bits per heavy atom. The number of hydrogen-bond acceptors (Lipinski definition) is 8. The van der Waals surface area contributed by atoms with Gasteiger partial charge in [-0.05, 0) is 30.3 Å². The summed E-state index contributed by atoms with van der Waals surface area (Å²) in [5.74, 6) is 0.261. The Bertz CT molecular complexity index is 1240. The fraction of sp³-hybridized carbons (Fsp3) is 0.391. The number of benzene rings is 2. The van der Waals surface area contributed by atoms with Crippen molar-refractivity contribution in [3.8, 4) is 5.75 Å². The van der Waals surface area contributed by atoms with Crippen molar-refractivity contribution in [3.05, 3.63) is 48.0 Å². The molecule has 1 fully saturated rings. The molecule has 10 heteroatoms. The van der Waals surface area contributed by atoms with Crippen molar-refractivity contribution in [2.45, 2.75) is 11.8 Å². The summed E-state index contributed by atoms with van der Waals surface area (Å²) < 4.78 is 37.0. The quantitative estimate of drug-likeness (QED) is 0.480. The number of amides is 1. The number of rotatable bonds is 8. The van der Waals surface area contributed by atoms with Gasteiger partial charge in [0.1, 0.15) is 5.75 Å².